The molecule has 5 nitrogen and oxygen atoms in total. The second-order valence-corrected chi connectivity index (χ2v) is 7.49. The number of benzene rings is 1. The lowest BCUT2D eigenvalue weighted by Gasteiger charge is -2.33. The number of sulfonamides is 1. The summed E-state index contributed by atoms with van der Waals surface area (Å²) in [7, 11) is -3.98. The second-order valence-electron chi connectivity index (χ2n) is 5.72. The van der Waals surface area contributed by atoms with Gasteiger partial charge in [-0.05, 0) is 31.0 Å². The number of ether oxygens (including phenoxy) is 1. The largest absolute Gasteiger partial charge is 0.432 e. The van der Waals surface area contributed by atoms with Crippen LogP contribution in [0.1, 0.15) is 32.1 Å². The van der Waals surface area contributed by atoms with Gasteiger partial charge < -0.3 is 10.5 Å². The second kappa shape index (κ2) is 7.06. The molecule has 1 fully saturated rings. The normalized spacial score (nSPS) is 18.1. The molecule has 130 valence electrons. The van der Waals surface area contributed by atoms with Crippen molar-refractivity contribution in [3.63, 3.8) is 0 Å². The Bertz CT molecular complexity index is 647. The maximum atomic E-state index is 13.6. The Labute approximate surface area is 133 Å². The molecule has 1 saturated carbocycles. The molecule has 3 N–H and O–H groups in total. The maximum absolute atomic E-state index is 13.6. The number of alkyl halides is 2. The van der Waals surface area contributed by atoms with Gasteiger partial charge in [-0.15, -0.1) is 0 Å². The summed E-state index contributed by atoms with van der Waals surface area (Å²) in [4.78, 5) is -0.365. The van der Waals surface area contributed by atoms with Crippen LogP contribution < -0.4 is 15.2 Å². The fraction of sp³-hybridized carbons (Fsp3) is 0.571. The molecule has 0 bridgehead atoms. The summed E-state index contributed by atoms with van der Waals surface area (Å²) >= 11 is 0. The molecular formula is C14H19F3N2O3S. The summed E-state index contributed by atoms with van der Waals surface area (Å²) in [5.41, 5.74) is 5.54. The third-order valence-electron chi connectivity index (χ3n) is 3.89. The molecular weight excluding hydrogens is 333 g/mol. The van der Waals surface area contributed by atoms with Crippen LogP contribution in [0.4, 0.5) is 13.2 Å². The Balaban J connectivity index is 2.08. The van der Waals surface area contributed by atoms with Gasteiger partial charge >= 0.3 is 6.61 Å². The molecule has 2 rings (SSSR count). The first-order valence-electron chi connectivity index (χ1n) is 7.25. The van der Waals surface area contributed by atoms with Gasteiger partial charge in [0.25, 0.3) is 0 Å². The first kappa shape index (κ1) is 18.0. The van der Waals surface area contributed by atoms with Crippen molar-refractivity contribution in [3.05, 3.63) is 24.0 Å². The Hall–Kier alpha value is -1.32. The molecule has 0 saturated heterocycles. The summed E-state index contributed by atoms with van der Waals surface area (Å²) in [5.74, 6) is -1.88. The van der Waals surface area contributed by atoms with Crippen molar-refractivity contribution in [1.82, 2.24) is 4.72 Å². The highest BCUT2D eigenvalue weighted by atomic mass is 32.2. The van der Waals surface area contributed by atoms with Crippen LogP contribution in [-0.4, -0.2) is 27.1 Å². The number of rotatable bonds is 6. The lowest BCUT2D eigenvalue weighted by atomic mass is 9.83. The summed E-state index contributed by atoms with van der Waals surface area (Å²) in [6.07, 6.45) is 4.37. The van der Waals surface area contributed by atoms with Crippen molar-refractivity contribution in [3.8, 4) is 5.75 Å². The molecule has 0 radical (unpaired) electrons. The third kappa shape index (κ3) is 4.82. The van der Waals surface area contributed by atoms with Gasteiger partial charge in [0, 0.05) is 12.1 Å². The number of nitrogens with one attached hydrogen (secondary N) is 1. The molecule has 1 aromatic carbocycles. The lowest BCUT2D eigenvalue weighted by Crippen LogP contribution is -2.51. The highest BCUT2D eigenvalue weighted by molar-refractivity contribution is 7.89. The molecule has 0 atom stereocenters. The zero-order valence-corrected chi connectivity index (χ0v) is 13.2. The van der Waals surface area contributed by atoms with Gasteiger partial charge in [0.15, 0.2) is 11.6 Å². The van der Waals surface area contributed by atoms with E-state index in [9.17, 15) is 21.6 Å². The molecule has 0 aliphatic heterocycles. The number of nitrogens with two attached hydrogens (primary N) is 1. The topological polar surface area (TPSA) is 81.4 Å². The predicted octanol–water partition coefficient (Wildman–Crippen LogP) is 2.37. The standard InChI is InChI=1S/C14H19F3N2O3S/c15-11-8-10(4-5-12(11)22-13(16)17)23(20,21)19-9-14(18)6-2-1-3-7-14/h4-5,8,13,19H,1-3,6-7,9,18H2. The zero-order chi connectivity index (χ0) is 17.1. The van der Waals surface area contributed by atoms with E-state index < -0.39 is 33.7 Å². The minimum Gasteiger partial charge on any atom is -0.432 e. The van der Waals surface area contributed by atoms with E-state index in [1.165, 1.54) is 0 Å². The van der Waals surface area contributed by atoms with E-state index in [4.69, 9.17) is 5.73 Å². The van der Waals surface area contributed by atoms with Gasteiger partial charge in [0.05, 0.1) is 4.90 Å². The molecule has 23 heavy (non-hydrogen) atoms. The molecule has 1 aliphatic carbocycles. The van der Waals surface area contributed by atoms with Gasteiger partial charge in [-0.3, -0.25) is 0 Å². The van der Waals surface area contributed by atoms with Crippen molar-refractivity contribution in [2.24, 2.45) is 5.73 Å². The smallest absolute Gasteiger partial charge is 0.387 e. The van der Waals surface area contributed by atoms with Crippen LogP contribution in [0.3, 0.4) is 0 Å². The lowest BCUT2D eigenvalue weighted by molar-refractivity contribution is -0.0522. The summed E-state index contributed by atoms with van der Waals surface area (Å²) in [6.45, 7) is -3.14. The minimum absolute atomic E-state index is 0.0479. The number of hydrogen-bond donors (Lipinski definition) is 2. The molecule has 0 unspecified atom stereocenters. The van der Waals surface area contributed by atoms with Crippen LogP contribution in [-0.2, 0) is 10.0 Å². The van der Waals surface area contributed by atoms with E-state index in [1.54, 1.807) is 0 Å². The van der Waals surface area contributed by atoms with Crippen molar-refractivity contribution >= 4 is 10.0 Å². The molecule has 9 heteroatoms. The van der Waals surface area contributed by atoms with Crippen molar-refractivity contribution in [2.75, 3.05) is 6.54 Å². The zero-order valence-electron chi connectivity index (χ0n) is 12.4. The van der Waals surface area contributed by atoms with E-state index in [0.29, 0.717) is 18.9 Å². The van der Waals surface area contributed by atoms with Gasteiger partial charge in [-0.1, -0.05) is 19.3 Å². The Kier molecular flexibility index (Phi) is 5.53. The number of halogens is 3. The average molecular weight is 352 g/mol. The Morgan fingerprint density at radius 3 is 2.48 bits per heavy atom. The average Bonchev–Trinajstić information content (AvgIpc) is 2.48. The van der Waals surface area contributed by atoms with Crippen molar-refractivity contribution in [2.45, 2.75) is 49.2 Å². The molecule has 0 aromatic heterocycles. The maximum Gasteiger partial charge on any atom is 0.387 e. The summed E-state index contributed by atoms with van der Waals surface area (Å²) < 4.78 is 68.4. The number of hydrogen-bond acceptors (Lipinski definition) is 4. The van der Waals surface area contributed by atoms with Crippen molar-refractivity contribution in [1.29, 1.82) is 0 Å². The van der Waals surface area contributed by atoms with Crippen LogP contribution in [0.2, 0.25) is 0 Å². The van der Waals surface area contributed by atoms with Gasteiger partial charge in [0.2, 0.25) is 10.0 Å². The van der Waals surface area contributed by atoms with Gasteiger partial charge in [-0.2, -0.15) is 8.78 Å². The van der Waals surface area contributed by atoms with E-state index in [0.717, 1.165) is 31.4 Å². The van der Waals surface area contributed by atoms with E-state index in [-0.39, 0.29) is 11.4 Å². The Morgan fingerprint density at radius 2 is 1.91 bits per heavy atom. The van der Waals surface area contributed by atoms with E-state index in [2.05, 4.69) is 9.46 Å². The van der Waals surface area contributed by atoms with Crippen LogP contribution in [0.25, 0.3) is 0 Å². The van der Waals surface area contributed by atoms with E-state index in [1.807, 2.05) is 0 Å². The van der Waals surface area contributed by atoms with Crippen molar-refractivity contribution < 1.29 is 26.3 Å². The minimum atomic E-state index is -3.98. The SMILES string of the molecule is NC1(CNS(=O)(=O)c2ccc(OC(F)F)c(F)c2)CCCCC1. The quantitative estimate of drug-likeness (QED) is 0.824. The summed E-state index contributed by atoms with van der Waals surface area (Å²) in [5, 5.41) is 0. The van der Waals surface area contributed by atoms with Crippen LogP contribution in [0.5, 0.6) is 5.75 Å². The summed E-state index contributed by atoms with van der Waals surface area (Å²) in [6, 6.07) is 2.51. The van der Waals surface area contributed by atoms with Crippen LogP contribution in [0, 0.1) is 5.82 Å². The third-order valence-corrected chi connectivity index (χ3v) is 5.29. The molecule has 1 aromatic rings. The molecule has 0 amide bonds. The molecule has 0 heterocycles. The first-order chi connectivity index (χ1) is 10.7. The fourth-order valence-electron chi connectivity index (χ4n) is 2.60. The fourth-order valence-corrected chi connectivity index (χ4v) is 3.74. The van der Waals surface area contributed by atoms with Crippen LogP contribution >= 0.6 is 0 Å². The molecule has 1 aliphatic rings. The first-order valence-corrected chi connectivity index (χ1v) is 8.73. The predicted molar refractivity (Wildman–Crippen MR) is 78.2 cm³/mol. The van der Waals surface area contributed by atoms with Crippen LogP contribution in [0.15, 0.2) is 23.1 Å². The monoisotopic (exact) mass is 352 g/mol. The molecule has 0 spiro atoms. The van der Waals surface area contributed by atoms with Gasteiger partial charge in [-0.25, -0.2) is 17.5 Å². The highest BCUT2D eigenvalue weighted by Crippen LogP contribution is 2.26. The van der Waals surface area contributed by atoms with Gasteiger partial charge in [0.1, 0.15) is 0 Å². The Morgan fingerprint density at radius 1 is 1.26 bits per heavy atom. The highest BCUT2D eigenvalue weighted by Gasteiger charge is 2.29. The van der Waals surface area contributed by atoms with E-state index >= 15 is 0 Å².